The highest BCUT2D eigenvalue weighted by Gasteiger charge is 2.35. The molecule has 8 nitrogen and oxygen atoms in total. The molecular weight excluding hydrogens is 324 g/mol. The third-order valence-corrected chi connectivity index (χ3v) is 4.84. The van der Waals surface area contributed by atoms with Gasteiger partial charge in [0.1, 0.15) is 5.69 Å². The van der Waals surface area contributed by atoms with Crippen LogP contribution in [0.4, 0.5) is 11.4 Å². The van der Waals surface area contributed by atoms with Gasteiger partial charge in [-0.15, -0.1) is 0 Å². The van der Waals surface area contributed by atoms with Crippen molar-refractivity contribution >= 4 is 23.2 Å². The smallest absolute Gasteiger partial charge is 0.292 e. The van der Waals surface area contributed by atoms with E-state index in [-0.39, 0.29) is 29.1 Å². The molecule has 3 rings (SSSR count). The summed E-state index contributed by atoms with van der Waals surface area (Å²) in [5.74, 6) is 0.166. The Morgan fingerprint density at radius 1 is 1.20 bits per heavy atom. The van der Waals surface area contributed by atoms with E-state index in [1.54, 1.807) is 19.1 Å². The van der Waals surface area contributed by atoms with Crippen LogP contribution in [0.1, 0.15) is 19.8 Å². The molecule has 0 aromatic heterocycles. The van der Waals surface area contributed by atoms with Crippen molar-refractivity contribution < 1.29 is 14.5 Å². The molecule has 2 aliphatic rings. The molecule has 0 bridgehead atoms. The van der Waals surface area contributed by atoms with E-state index in [0.717, 1.165) is 12.8 Å². The summed E-state index contributed by atoms with van der Waals surface area (Å²) < 4.78 is 0. The highest BCUT2D eigenvalue weighted by atomic mass is 16.6. The highest BCUT2D eigenvalue weighted by molar-refractivity contribution is 5.96. The van der Waals surface area contributed by atoms with Gasteiger partial charge in [0.05, 0.1) is 11.0 Å². The molecule has 1 heterocycles. The maximum atomic E-state index is 12.5. The van der Waals surface area contributed by atoms with E-state index in [2.05, 4.69) is 5.32 Å². The van der Waals surface area contributed by atoms with Gasteiger partial charge in [-0.3, -0.25) is 24.6 Å². The van der Waals surface area contributed by atoms with Gasteiger partial charge in [-0.25, -0.2) is 0 Å². The van der Waals surface area contributed by atoms with E-state index in [4.69, 9.17) is 0 Å². The number of benzene rings is 1. The second kappa shape index (κ2) is 7.18. The van der Waals surface area contributed by atoms with Gasteiger partial charge in [-0.1, -0.05) is 12.1 Å². The number of nitrogens with one attached hydrogen (secondary N) is 1. The molecule has 134 valence electrons. The first-order valence-electron chi connectivity index (χ1n) is 8.54. The molecule has 2 amide bonds. The zero-order valence-corrected chi connectivity index (χ0v) is 14.2. The highest BCUT2D eigenvalue weighted by Crippen LogP contribution is 2.31. The molecule has 1 N–H and O–H groups in total. The number of para-hydroxylation sites is 2. The maximum absolute atomic E-state index is 12.5. The first-order chi connectivity index (χ1) is 12.0. The number of anilines is 1. The monoisotopic (exact) mass is 346 g/mol. The molecule has 1 aliphatic heterocycles. The molecule has 8 heteroatoms. The Bertz CT molecular complexity index is 681. The topological polar surface area (TPSA) is 95.8 Å². The minimum Gasteiger partial charge on any atom is -0.340 e. The molecular formula is C17H22N4O4. The molecule has 0 spiro atoms. The van der Waals surface area contributed by atoms with Crippen LogP contribution in [0.2, 0.25) is 0 Å². The average molecular weight is 346 g/mol. The summed E-state index contributed by atoms with van der Waals surface area (Å²) in [7, 11) is 0. The minimum atomic E-state index is -0.511. The van der Waals surface area contributed by atoms with E-state index in [9.17, 15) is 19.7 Å². The van der Waals surface area contributed by atoms with Crippen molar-refractivity contribution in [3.63, 3.8) is 0 Å². The van der Waals surface area contributed by atoms with Crippen molar-refractivity contribution in [3.05, 3.63) is 34.4 Å². The molecule has 0 unspecified atom stereocenters. The van der Waals surface area contributed by atoms with Gasteiger partial charge in [0, 0.05) is 38.2 Å². The van der Waals surface area contributed by atoms with Crippen molar-refractivity contribution in [2.24, 2.45) is 5.92 Å². The van der Waals surface area contributed by atoms with E-state index >= 15 is 0 Å². The average Bonchev–Trinajstić information content (AvgIpc) is 3.46. The Kier molecular flexibility index (Phi) is 4.98. The normalized spacial score (nSPS) is 19.3. The predicted octanol–water partition coefficient (Wildman–Crippen LogP) is 1.48. The summed E-state index contributed by atoms with van der Waals surface area (Å²) in [5.41, 5.74) is 0.0785. The van der Waals surface area contributed by atoms with E-state index in [0.29, 0.717) is 26.2 Å². The summed E-state index contributed by atoms with van der Waals surface area (Å²) in [6, 6.07) is 5.68. The van der Waals surface area contributed by atoms with Gasteiger partial charge in [-0.2, -0.15) is 0 Å². The quantitative estimate of drug-likeness (QED) is 0.643. The molecule has 1 saturated heterocycles. The Balaban J connectivity index is 1.56. The zero-order valence-electron chi connectivity index (χ0n) is 14.2. The molecule has 1 aliphatic carbocycles. The first-order valence-corrected chi connectivity index (χ1v) is 8.54. The van der Waals surface area contributed by atoms with Gasteiger partial charge in [0.2, 0.25) is 11.8 Å². The molecule has 0 radical (unpaired) electrons. The summed E-state index contributed by atoms with van der Waals surface area (Å²) in [6.45, 7) is 4.28. The number of amides is 2. The Hall–Kier alpha value is -2.48. The first kappa shape index (κ1) is 17.3. The minimum absolute atomic E-state index is 0.122. The number of rotatable bonds is 5. The van der Waals surface area contributed by atoms with E-state index in [1.807, 2.05) is 9.80 Å². The van der Waals surface area contributed by atoms with Crippen molar-refractivity contribution in [1.82, 2.24) is 9.80 Å². The third-order valence-electron chi connectivity index (χ3n) is 4.84. The second-order valence-corrected chi connectivity index (χ2v) is 6.58. The molecule has 25 heavy (non-hydrogen) atoms. The fourth-order valence-corrected chi connectivity index (χ4v) is 3.06. The maximum Gasteiger partial charge on any atom is 0.292 e. The number of nitrogens with zero attached hydrogens (tertiary/aromatic N) is 3. The van der Waals surface area contributed by atoms with Crippen LogP contribution < -0.4 is 5.32 Å². The zero-order chi connectivity index (χ0) is 18.0. The standard InChI is InChI=1S/C17H22N4O4/c1-12(16(22)18-14-4-2-3-5-15(14)21(24)25)19-8-10-20(11-9-19)17(23)13-6-7-13/h2-5,12-13H,6-11H2,1H3,(H,18,22)/t12-/m0/s1. The third kappa shape index (κ3) is 3.96. The summed E-state index contributed by atoms with van der Waals surface area (Å²) >= 11 is 0. The Morgan fingerprint density at radius 2 is 1.84 bits per heavy atom. The lowest BCUT2D eigenvalue weighted by Crippen LogP contribution is -2.54. The number of hydrogen-bond donors (Lipinski definition) is 1. The largest absolute Gasteiger partial charge is 0.340 e. The number of piperazine rings is 1. The second-order valence-electron chi connectivity index (χ2n) is 6.58. The van der Waals surface area contributed by atoms with Gasteiger partial charge >= 0.3 is 0 Å². The van der Waals surface area contributed by atoms with Gasteiger partial charge in [0.25, 0.3) is 5.69 Å². The number of nitro groups is 1. The van der Waals surface area contributed by atoms with Crippen LogP contribution in [0.3, 0.4) is 0 Å². The molecule has 1 saturated carbocycles. The van der Waals surface area contributed by atoms with Gasteiger partial charge in [-0.05, 0) is 25.8 Å². The number of hydrogen-bond acceptors (Lipinski definition) is 5. The number of nitro benzene ring substituents is 1. The molecule has 1 aromatic carbocycles. The summed E-state index contributed by atoms with van der Waals surface area (Å²) in [4.78, 5) is 38.9. The fraction of sp³-hybridized carbons (Fsp3) is 0.529. The Labute approximate surface area is 145 Å². The van der Waals surface area contributed by atoms with E-state index in [1.165, 1.54) is 12.1 Å². The number of carbonyl (C=O) groups excluding carboxylic acids is 2. The lowest BCUT2D eigenvalue weighted by molar-refractivity contribution is -0.383. The van der Waals surface area contributed by atoms with Crippen LogP contribution in [0.5, 0.6) is 0 Å². The fourth-order valence-electron chi connectivity index (χ4n) is 3.06. The predicted molar refractivity (Wildman–Crippen MR) is 92.1 cm³/mol. The van der Waals surface area contributed by atoms with Crippen LogP contribution in [-0.4, -0.2) is 58.8 Å². The van der Waals surface area contributed by atoms with Gasteiger partial charge < -0.3 is 10.2 Å². The molecule has 2 fully saturated rings. The van der Waals surface area contributed by atoms with Crippen LogP contribution in [0, 0.1) is 16.0 Å². The van der Waals surface area contributed by atoms with Crippen LogP contribution in [0.25, 0.3) is 0 Å². The Morgan fingerprint density at radius 3 is 2.44 bits per heavy atom. The van der Waals surface area contributed by atoms with Crippen molar-refractivity contribution in [3.8, 4) is 0 Å². The van der Waals surface area contributed by atoms with Crippen molar-refractivity contribution in [2.75, 3.05) is 31.5 Å². The van der Waals surface area contributed by atoms with E-state index < -0.39 is 11.0 Å². The van der Waals surface area contributed by atoms with Crippen molar-refractivity contribution in [1.29, 1.82) is 0 Å². The van der Waals surface area contributed by atoms with Crippen LogP contribution >= 0.6 is 0 Å². The number of carbonyl (C=O) groups is 2. The molecule has 1 aromatic rings. The summed E-state index contributed by atoms with van der Waals surface area (Å²) in [6.07, 6.45) is 1.99. The van der Waals surface area contributed by atoms with Gasteiger partial charge in [0.15, 0.2) is 0 Å². The molecule has 1 atom stereocenters. The SMILES string of the molecule is C[C@@H](C(=O)Nc1ccccc1[N+](=O)[O-])N1CCN(C(=O)C2CC2)CC1. The lowest BCUT2D eigenvalue weighted by Gasteiger charge is -2.37. The van der Waals surface area contributed by atoms with Crippen molar-refractivity contribution in [2.45, 2.75) is 25.8 Å². The summed E-state index contributed by atoms with van der Waals surface area (Å²) in [5, 5.41) is 13.7. The lowest BCUT2D eigenvalue weighted by atomic mass is 10.2. The van der Waals surface area contributed by atoms with Crippen LogP contribution in [0.15, 0.2) is 24.3 Å². The van der Waals surface area contributed by atoms with Crippen LogP contribution in [-0.2, 0) is 9.59 Å².